The van der Waals surface area contributed by atoms with Gasteiger partial charge in [-0.3, -0.25) is 43.1 Å². The number of nitrogens with two attached hydrogens (primary N) is 2. The Morgan fingerprint density at radius 3 is 2.09 bits per heavy atom. The standard InChI is InChI=1S/C40H50N12O11S/c41-40(42)44-18-8-13-27-37(58)50-29(19-24-9-2-1-3-10-24)39(60)49-28(38(59)51-30(20-34(54)55)36(57)46-23-33(53)48-27)12-6-7-17-43-35(56)26-15-16-32(45-21-26)52-47-22-25-11-4-5-14-31(25)64(61,62)63/h1-5,9-11,14-16,21,27-30H,6-8,12-13,17-20,22-23H2,(H,43,56)(H,46,57)(H,48,53)(H,49,60)(H,50,58)(H,51,59)(H,54,55)(H4,41,42,44)(H,61,62,63)/t27-,28+,29+,30+/m0/s1. The molecule has 1 fully saturated rings. The van der Waals surface area contributed by atoms with E-state index in [0.29, 0.717) is 5.56 Å². The van der Waals surface area contributed by atoms with Gasteiger partial charge >= 0.3 is 5.97 Å². The molecule has 3 aromatic rings. The predicted octanol–water partition coefficient (Wildman–Crippen LogP) is -0.648. The Labute approximate surface area is 367 Å². The first-order valence-electron chi connectivity index (χ1n) is 20.0. The van der Waals surface area contributed by atoms with Gasteiger partial charge < -0.3 is 48.5 Å². The van der Waals surface area contributed by atoms with E-state index in [0.717, 1.165) is 0 Å². The minimum absolute atomic E-state index is 0.0243. The number of hydrogen-bond donors (Lipinski definition) is 10. The van der Waals surface area contributed by atoms with Crippen molar-refractivity contribution in [1.82, 2.24) is 36.9 Å². The normalized spacial score (nSPS) is 18.9. The molecule has 0 spiro atoms. The zero-order valence-corrected chi connectivity index (χ0v) is 35.3. The molecule has 64 heavy (non-hydrogen) atoms. The number of unbranched alkanes of at least 4 members (excludes halogenated alkanes) is 1. The Balaban J connectivity index is 1.45. The van der Waals surface area contributed by atoms with Gasteiger partial charge in [-0.25, -0.2) is 4.98 Å². The molecule has 6 amide bonds. The minimum atomic E-state index is -4.46. The number of rotatable bonds is 18. The number of carbonyl (C=O) groups excluding carboxylic acids is 6. The van der Waals surface area contributed by atoms with E-state index in [1.807, 2.05) is 0 Å². The maximum Gasteiger partial charge on any atom is 0.305 e. The van der Waals surface area contributed by atoms with E-state index in [-0.39, 0.29) is 86.0 Å². The lowest BCUT2D eigenvalue weighted by molar-refractivity contribution is -0.141. The molecule has 0 bridgehead atoms. The van der Waals surface area contributed by atoms with Crippen molar-refractivity contribution in [2.75, 3.05) is 19.6 Å². The van der Waals surface area contributed by atoms with Crippen LogP contribution in [0.5, 0.6) is 0 Å². The van der Waals surface area contributed by atoms with Crippen LogP contribution in [-0.4, -0.2) is 114 Å². The monoisotopic (exact) mass is 906 g/mol. The van der Waals surface area contributed by atoms with Gasteiger partial charge in [-0.15, -0.1) is 5.11 Å². The fourth-order valence-corrected chi connectivity index (χ4v) is 6.98. The van der Waals surface area contributed by atoms with Gasteiger partial charge in [0.2, 0.25) is 29.5 Å². The van der Waals surface area contributed by atoms with Gasteiger partial charge in [-0.1, -0.05) is 48.5 Å². The summed E-state index contributed by atoms with van der Waals surface area (Å²) < 4.78 is 32.7. The van der Waals surface area contributed by atoms with E-state index < -0.39 is 88.7 Å². The van der Waals surface area contributed by atoms with Gasteiger partial charge in [0.25, 0.3) is 16.0 Å². The third-order valence-corrected chi connectivity index (χ3v) is 10.4. The minimum Gasteiger partial charge on any atom is -0.481 e. The molecule has 0 saturated carbocycles. The van der Waals surface area contributed by atoms with Gasteiger partial charge in [-0.05, 0) is 61.4 Å². The molecule has 1 saturated heterocycles. The van der Waals surface area contributed by atoms with Crippen molar-refractivity contribution in [3.8, 4) is 0 Å². The number of nitrogens with one attached hydrogen (secondary N) is 6. The number of aromatic nitrogens is 1. The third-order valence-electron chi connectivity index (χ3n) is 9.46. The summed E-state index contributed by atoms with van der Waals surface area (Å²) in [6.45, 7) is -0.618. The van der Waals surface area contributed by atoms with Gasteiger partial charge in [0.1, 0.15) is 24.2 Å². The lowest BCUT2D eigenvalue weighted by Gasteiger charge is -2.26. The number of azo groups is 1. The second-order valence-corrected chi connectivity index (χ2v) is 15.8. The van der Waals surface area contributed by atoms with Crippen LogP contribution in [-0.2, 0) is 51.9 Å². The van der Waals surface area contributed by atoms with Gasteiger partial charge in [0.05, 0.1) is 30.0 Å². The molecule has 23 nitrogen and oxygen atoms in total. The topological polar surface area (TPSA) is 368 Å². The average Bonchev–Trinajstić information content (AvgIpc) is 3.25. The fourth-order valence-electron chi connectivity index (χ4n) is 6.26. The van der Waals surface area contributed by atoms with E-state index in [1.54, 1.807) is 36.4 Å². The molecule has 2 heterocycles. The zero-order valence-electron chi connectivity index (χ0n) is 34.4. The van der Waals surface area contributed by atoms with Crippen LogP contribution >= 0.6 is 0 Å². The summed E-state index contributed by atoms with van der Waals surface area (Å²) in [5, 5.41) is 32.6. The number of nitrogens with zero attached hydrogens (tertiary/aromatic N) is 4. The van der Waals surface area contributed by atoms with Crippen molar-refractivity contribution in [2.45, 2.75) is 80.6 Å². The Morgan fingerprint density at radius 2 is 1.42 bits per heavy atom. The van der Waals surface area contributed by atoms with Crippen molar-refractivity contribution >= 4 is 63.3 Å². The van der Waals surface area contributed by atoms with Crippen molar-refractivity contribution in [1.29, 1.82) is 0 Å². The number of aliphatic carboxylic acids is 1. The SMILES string of the molecule is NC(N)=NCCC[C@@H]1NC(=O)CNC(=O)[C@@H](CC(=O)O)NC(=O)[C@@H](CCCCNC(=O)c2ccc(N=NCc3ccccc3S(=O)(=O)O)nc2)NC(=O)[C@@H](Cc2ccccc2)NC1=O. The molecule has 1 aromatic heterocycles. The quantitative estimate of drug-likeness (QED) is 0.0250. The molecule has 12 N–H and O–H groups in total. The second kappa shape index (κ2) is 24.3. The molecule has 0 unspecified atom stereocenters. The van der Waals surface area contributed by atoms with E-state index in [1.165, 1.54) is 36.5 Å². The summed E-state index contributed by atoms with van der Waals surface area (Å²) in [6.07, 6.45) is 1.08. The summed E-state index contributed by atoms with van der Waals surface area (Å²) in [7, 11) is -4.46. The number of aliphatic imine (C=N–C) groups is 1. The molecule has 24 heteroatoms. The van der Waals surface area contributed by atoms with Gasteiger partial charge in [-0.2, -0.15) is 13.5 Å². The number of carbonyl (C=O) groups is 7. The molecule has 4 atom stereocenters. The van der Waals surface area contributed by atoms with Crippen LogP contribution < -0.4 is 43.4 Å². The maximum absolute atomic E-state index is 14.0. The number of carboxylic acid groups (broad SMARTS) is 1. The van der Waals surface area contributed by atoms with Crippen LogP contribution in [0, 0.1) is 0 Å². The Kier molecular flexibility index (Phi) is 18.8. The van der Waals surface area contributed by atoms with E-state index in [2.05, 4.69) is 52.1 Å². The summed E-state index contributed by atoms with van der Waals surface area (Å²) >= 11 is 0. The maximum atomic E-state index is 14.0. The highest BCUT2D eigenvalue weighted by molar-refractivity contribution is 7.85. The van der Waals surface area contributed by atoms with Crippen LogP contribution in [0.25, 0.3) is 0 Å². The molecule has 342 valence electrons. The first kappa shape index (κ1) is 49.3. The number of benzene rings is 2. The largest absolute Gasteiger partial charge is 0.481 e. The number of hydrogen-bond acceptors (Lipinski definition) is 13. The molecule has 1 aliphatic rings. The number of pyridine rings is 1. The fraction of sp³-hybridized carbons (Fsp3) is 0.375. The first-order chi connectivity index (χ1) is 30.5. The van der Waals surface area contributed by atoms with Gasteiger partial charge in [0, 0.05) is 25.7 Å². The first-order valence-corrected chi connectivity index (χ1v) is 21.4. The lowest BCUT2D eigenvalue weighted by Crippen LogP contribution is -2.58. The summed E-state index contributed by atoms with van der Waals surface area (Å²) in [4.78, 5) is 99.8. The van der Waals surface area contributed by atoms with E-state index in [9.17, 15) is 51.6 Å². The molecule has 0 radical (unpaired) electrons. The van der Waals surface area contributed by atoms with Crippen molar-refractivity contribution in [3.05, 3.63) is 89.6 Å². The molecule has 0 aliphatic carbocycles. The molecule has 1 aliphatic heterocycles. The van der Waals surface area contributed by atoms with Gasteiger partial charge in [0.15, 0.2) is 11.8 Å². The van der Waals surface area contributed by atoms with Crippen LogP contribution in [0.3, 0.4) is 0 Å². The molecule has 2 aromatic carbocycles. The Bertz CT molecular complexity index is 2310. The smallest absolute Gasteiger partial charge is 0.305 e. The second-order valence-electron chi connectivity index (χ2n) is 14.4. The Hall–Kier alpha value is -7.34. The van der Waals surface area contributed by atoms with Crippen LogP contribution in [0.15, 0.2) is 93.0 Å². The van der Waals surface area contributed by atoms with Crippen LogP contribution in [0.4, 0.5) is 5.82 Å². The van der Waals surface area contributed by atoms with Crippen molar-refractivity contribution < 1.29 is 51.6 Å². The van der Waals surface area contributed by atoms with Crippen molar-refractivity contribution in [3.63, 3.8) is 0 Å². The molecule has 4 rings (SSSR count). The van der Waals surface area contributed by atoms with Crippen LogP contribution in [0.1, 0.15) is 60.0 Å². The van der Waals surface area contributed by atoms with E-state index >= 15 is 0 Å². The lowest BCUT2D eigenvalue weighted by atomic mass is 10.0. The Morgan fingerprint density at radius 1 is 0.781 bits per heavy atom. The summed E-state index contributed by atoms with van der Waals surface area (Å²) in [5.74, 6) is -6.25. The number of carboxylic acids is 1. The number of guanidine groups is 1. The highest BCUT2D eigenvalue weighted by Crippen LogP contribution is 2.18. The molecular weight excluding hydrogens is 857 g/mol. The highest BCUT2D eigenvalue weighted by Gasteiger charge is 2.33. The summed E-state index contributed by atoms with van der Waals surface area (Å²) in [6, 6.07) is 11.8. The highest BCUT2D eigenvalue weighted by atomic mass is 32.2. The zero-order chi connectivity index (χ0) is 46.6. The van der Waals surface area contributed by atoms with Crippen LogP contribution in [0.2, 0.25) is 0 Å². The van der Waals surface area contributed by atoms with E-state index in [4.69, 9.17) is 11.5 Å². The molecular formula is C40H50N12O11S. The average molecular weight is 907 g/mol. The predicted molar refractivity (Wildman–Crippen MR) is 228 cm³/mol. The third kappa shape index (κ3) is 16.5. The number of amides is 6. The van der Waals surface area contributed by atoms with Crippen molar-refractivity contribution in [2.24, 2.45) is 26.7 Å². The summed E-state index contributed by atoms with van der Waals surface area (Å²) in [5.41, 5.74) is 11.9.